The molecule has 10 nitrogen and oxygen atoms in total. The van der Waals surface area contributed by atoms with Crippen LogP contribution in [0.25, 0.3) is 75.4 Å². The highest BCUT2D eigenvalue weighted by Crippen LogP contribution is 2.60. The lowest BCUT2D eigenvalue weighted by molar-refractivity contribution is 0.0877. The van der Waals surface area contributed by atoms with Gasteiger partial charge in [-0.2, -0.15) is 0 Å². The summed E-state index contributed by atoms with van der Waals surface area (Å²) in [5.41, 5.74) is 14.0. The lowest BCUT2D eigenvalue weighted by Gasteiger charge is -2.34. The zero-order chi connectivity index (χ0) is 81.1. The van der Waals surface area contributed by atoms with Crippen LogP contribution in [0.1, 0.15) is 326 Å². The Balaban J connectivity index is 1.15. The molecule has 14 aromatic carbocycles. The molecule has 0 aliphatic carbocycles. The molecule has 0 radical (unpaired) electrons. The van der Waals surface area contributed by atoms with Crippen LogP contribution in [0, 0.1) is 6.92 Å². The molecule has 0 unspecified atom stereocenters. The first-order valence-electron chi connectivity index (χ1n) is 41.5. The number of ether oxygens (including phenoxy) is 4. The van der Waals surface area contributed by atoms with Gasteiger partial charge in [-0.1, -0.05) is 286 Å². The SMILES string of the molecule is Cc1cccc(C(C)C)c1N1C(=O)c2cc(Oc3c(C(C)C)cccc3C(C)C)c3c4ccc5c6c(Oc7c(C(C)C)cccc7C(C)C)cc7c8c(cc(Oc9c(C(C)C)cccc9C(C)C)c(c9ccc(c%10c(Oc%11c(C(C)C)cccc%11C(C)C)cc(c2c3%10)C1=O)c4c59)c86)C(=O)N(c1c(C(C)C)cccc1C(C)C)C7=O. The number of carbonyl (C=O) groups excluding carboxylic acids is 4. The van der Waals surface area contributed by atoms with Gasteiger partial charge in [-0.15, -0.1) is 0 Å². The molecule has 0 saturated carbocycles. The predicted octanol–water partition coefficient (Wildman–Crippen LogP) is 30.1. The topological polar surface area (TPSA) is 112 Å². The lowest BCUT2D eigenvalue weighted by atomic mass is 9.79. The Hall–Kier alpha value is -11.1. The van der Waals surface area contributed by atoms with Crippen LogP contribution in [-0.2, 0) is 0 Å². The maximum Gasteiger partial charge on any atom is 0.266 e. The van der Waals surface area contributed by atoms with E-state index in [9.17, 15) is 0 Å². The van der Waals surface area contributed by atoms with E-state index in [0.29, 0.717) is 123 Å². The molecule has 16 rings (SSSR count). The Morgan fingerprint density at radius 2 is 0.412 bits per heavy atom. The van der Waals surface area contributed by atoms with E-state index < -0.39 is 23.6 Å². The molecule has 0 spiro atoms. The first kappa shape index (κ1) is 76.9. The minimum Gasteiger partial charge on any atom is -0.456 e. The molecule has 10 heteroatoms. The van der Waals surface area contributed by atoms with Crippen LogP contribution in [0.2, 0.25) is 0 Å². The molecule has 0 saturated heterocycles. The van der Waals surface area contributed by atoms with Crippen molar-refractivity contribution in [2.75, 3.05) is 9.80 Å². The van der Waals surface area contributed by atoms with E-state index in [2.05, 4.69) is 249 Å². The molecular formula is C104H106N2O8. The van der Waals surface area contributed by atoms with E-state index in [-0.39, 0.29) is 65.1 Å². The second-order valence-electron chi connectivity index (χ2n) is 35.6. The van der Waals surface area contributed by atoms with Crippen LogP contribution in [0.4, 0.5) is 11.4 Å². The van der Waals surface area contributed by atoms with Crippen molar-refractivity contribution >= 4 is 110 Å². The number of fused-ring (bicyclic) bond motifs is 4. The van der Waals surface area contributed by atoms with Gasteiger partial charge in [-0.25, -0.2) is 9.80 Å². The fourth-order valence-corrected chi connectivity index (χ4v) is 18.7. The largest absolute Gasteiger partial charge is 0.456 e. The standard InChI is InChI=1S/C104H106N2O8/c1-50(2)62-31-24-30-61(23)95(62)105-101(107)77-46-81(111-97-65(53(7)8)34-26-35-66(97)54(9)10)89-73-42-44-75-86-76(45-43-74(85(73)86)90-82(47-78(102(105)108)87(77)93(89)90)112-98-67(55(11)12)36-27-37-68(98)56(13)14)92-84(114-100-71(59(19)20)40-29-41-72(100)60(21)22)49-80-88-79(103(109)106(104(80)110)96-63(51(3)4)32-25-33-64(96)52(5)6)48-83(91(75)94(88)92)113-99-69(57(15)16)38-28-39-70(99)58(17)18/h24-60H,1-23H3. The third kappa shape index (κ3) is 11.9. The van der Waals surface area contributed by atoms with Gasteiger partial charge in [0.15, 0.2) is 0 Å². The van der Waals surface area contributed by atoms with Crippen molar-refractivity contribution in [1.82, 2.24) is 0 Å². The molecule has 0 atom stereocenters. The highest BCUT2D eigenvalue weighted by atomic mass is 16.5. The van der Waals surface area contributed by atoms with Crippen molar-refractivity contribution in [2.45, 2.75) is 224 Å². The maximum absolute atomic E-state index is 16.8. The number of rotatable bonds is 21. The fraction of sp³-hybridized carbons (Fsp3) is 0.327. The molecule has 14 aromatic rings. The van der Waals surface area contributed by atoms with Gasteiger partial charge in [-0.05, 0) is 195 Å². The normalized spacial score (nSPS) is 13.6. The van der Waals surface area contributed by atoms with Gasteiger partial charge in [0.1, 0.15) is 46.0 Å². The number of amides is 4. The Labute approximate surface area is 671 Å². The number of anilines is 2. The zero-order valence-electron chi connectivity index (χ0n) is 70.5. The van der Waals surface area contributed by atoms with Crippen LogP contribution < -0.4 is 28.7 Å². The molecule has 2 aliphatic rings. The van der Waals surface area contributed by atoms with Crippen LogP contribution in [0.15, 0.2) is 158 Å². The summed E-state index contributed by atoms with van der Waals surface area (Å²) in [5.74, 6) is 2.81. The van der Waals surface area contributed by atoms with E-state index in [0.717, 1.165) is 99.1 Å². The van der Waals surface area contributed by atoms with Crippen molar-refractivity contribution < 1.29 is 38.1 Å². The van der Waals surface area contributed by atoms with Gasteiger partial charge < -0.3 is 18.9 Å². The fourth-order valence-electron chi connectivity index (χ4n) is 18.7. The zero-order valence-corrected chi connectivity index (χ0v) is 70.5. The quantitative estimate of drug-likeness (QED) is 0.0397. The molecule has 0 bridgehead atoms. The summed E-state index contributed by atoms with van der Waals surface area (Å²) in [6, 6.07) is 54.1. The number of para-hydroxylation sites is 6. The van der Waals surface area contributed by atoms with E-state index in [1.807, 2.05) is 67.6 Å². The van der Waals surface area contributed by atoms with Crippen LogP contribution >= 0.6 is 0 Å². The van der Waals surface area contributed by atoms with Gasteiger partial charge in [0.05, 0.1) is 33.6 Å². The molecule has 0 aromatic heterocycles. The van der Waals surface area contributed by atoms with Crippen LogP contribution in [-0.4, -0.2) is 23.6 Å². The Bertz CT molecular complexity index is 5880. The van der Waals surface area contributed by atoms with Gasteiger partial charge in [-0.3, -0.25) is 19.2 Å². The van der Waals surface area contributed by atoms with Crippen molar-refractivity contribution in [1.29, 1.82) is 0 Å². The van der Waals surface area contributed by atoms with E-state index in [4.69, 9.17) is 18.9 Å². The third-order valence-electron chi connectivity index (χ3n) is 24.4. The summed E-state index contributed by atoms with van der Waals surface area (Å²) in [4.78, 5) is 69.7. The average Bonchev–Trinajstić information content (AvgIpc) is 0.658. The molecule has 2 heterocycles. The lowest BCUT2D eigenvalue weighted by Crippen LogP contribution is -2.42. The third-order valence-corrected chi connectivity index (χ3v) is 24.4. The molecule has 2 aliphatic heterocycles. The molecule has 580 valence electrons. The number of imide groups is 2. The number of hydrogen-bond donors (Lipinski definition) is 0. The van der Waals surface area contributed by atoms with Crippen molar-refractivity contribution in [3.8, 4) is 46.0 Å². The molecule has 0 N–H and O–H groups in total. The minimum atomic E-state index is -0.454. The van der Waals surface area contributed by atoms with E-state index in [1.54, 1.807) is 0 Å². The number of benzene rings is 14. The monoisotopic (exact) mass is 1510 g/mol. The van der Waals surface area contributed by atoms with Gasteiger partial charge in [0.25, 0.3) is 23.6 Å². The number of carbonyl (C=O) groups is 4. The summed E-state index contributed by atoms with van der Waals surface area (Å²) in [6.07, 6.45) is 0. The number of aryl methyl sites for hydroxylation is 1. The predicted molar refractivity (Wildman–Crippen MR) is 472 cm³/mol. The van der Waals surface area contributed by atoms with Gasteiger partial charge in [0.2, 0.25) is 0 Å². The van der Waals surface area contributed by atoms with Crippen LogP contribution in [0.5, 0.6) is 46.0 Å². The second-order valence-corrected chi connectivity index (χ2v) is 35.6. The molecule has 0 fully saturated rings. The van der Waals surface area contributed by atoms with E-state index in [1.165, 1.54) is 9.80 Å². The van der Waals surface area contributed by atoms with Crippen molar-refractivity contribution in [3.63, 3.8) is 0 Å². The summed E-state index contributed by atoms with van der Waals surface area (Å²) in [6.45, 7) is 49.6. The first-order chi connectivity index (χ1) is 54.3. The summed E-state index contributed by atoms with van der Waals surface area (Å²) < 4.78 is 31.8. The van der Waals surface area contributed by atoms with Crippen molar-refractivity contribution in [3.05, 3.63) is 247 Å². The highest BCUT2D eigenvalue weighted by molar-refractivity contribution is 6.49. The second kappa shape index (κ2) is 28.8. The number of hydrogen-bond acceptors (Lipinski definition) is 8. The summed E-state index contributed by atoms with van der Waals surface area (Å²) in [5, 5.41) is 10.0. The van der Waals surface area contributed by atoms with Gasteiger partial charge in [0, 0.05) is 43.1 Å². The Kier molecular flexibility index (Phi) is 19.4. The van der Waals surface area contributed by atoms with Crippen molar-refractivity contribution in [2.24, 2.45) is 0 Å². The van der Waals surface area contributed by atoms with E-state index >= 15 is 19.2 Å². The smallest absolute Gasteiger partial charge is 0.266 e. The molecule has 4 amide bonds. The van der Waals surface area contributed by atoms with Gasteiger partial charge >= 0.3 is 0 Å². The Morgan fingerprint density at radius 3 is 0.632 bits per heavy atom. The molecule has 114 heavy (non-hydrogen) atoms. The maximum atomic E-state index is 16.8. The van der Waals surface area contributed by atoms with Crippen LogP contribution in [0.3, 0.4) is 0 Å². The highest BCUT2D eigenvalue weighted by Gasteiger charge is 2.44. The first-order valence-corrected chi connectivity index (χ1v) is 41.5. The number of nitrogens with zero attached hydrogens (tertiary/aromatic N) is 2. The molecular weight excluding hydrogens is 1410 g/mol. The summed E-state index contributed by atoms with van der Waals surface area (Å²) >= 11 is 0. The minimum absolute atomic E-state index is 0.0231. The Morgan fingerprint density at radius 1 is 0.219 bits per heavy atom. The summed E-state index contributed by atoms with van der Waals surface area (Å²) in [7, 11) is 0. The average molecular weight is 1510 g/mol.